The zero-order chi connectivity index (χ0) is 20.3. The molecule has 0 spiro atoms. The fourth-order valence-electron chi connectivity index (χ4n) is 4.14. The molecule has 6 nitrogen and oxygen atoms in total. The number of anilines is 1. The van der Waals surface area contributed by atoms with Gasteiger partial charge in [0.1, 0.15) is 11.5 Å². The first kappa shape index (κ1) is 19.5. The predicted octanol–water partition coefficient (Wildman–Crippen LogP) is 4.58. The number of benzene rings is 1. The zero-order valence-corrected chi connectivity index (χ0v) is 17.6. The third-order valence-corrected chi connectivity index (χ3v) is 6.73. The topological polar surface area (TPSA) is 79.3 Å². The second kappa shape index (κ2) is 8.71. The lowest BCUT2D eigenvalue weighted by Gasteiger charge is -2.27. The molecule has 7 heteroatoms. The summed E-state index contributed by atoms with van der Waals surface area (Å²) < 4.78 is 7.17. The molecular formula is C23H26N4O2S. The van der Waals surface area contributed by atoms with Crippen LogP contribution in [0.1, 0.15) is 37.7 Å². The van der Waals surface area contributed by atoms with E-state index in [1.54, 1.807) is 17.5 Å². The maximum atomic E-state index is 10.2. The monoisotopic (exact) mass is 422 g/mol. The second-order valence-electron chi connectivity index (χ2n) is 7.95. The van der Waals surface area contributed by atoms with Crippen LogP contribution in [0.5, 0.6) is 11.5 Å². The maximum absolute atomic E-state index is 10.2. The average Bonchev–Trinajstić information content (AvgIpc) is 3.18. The minimum Gasteiger partial charge on any atom is -0.456 e. The number of nitrogens with one attached hydrogen (secondary N) is 2. The minimum absolute atomic E-state index is 0.0909. The van der Waals surface area contributed by atoms with Gasteiger partial charge in [-0.2, -0.15) is 0 Å². The van der Waals surface area contributed by atoms with Gasteiger partial charge in [0, 0.05) is 18.8 Å². The molecule has 1 aliphatic heterocycles. The molecule has 0 bridgehead atoms. The molecule has 3 heterocycles. The Morgan fingerprint density at radius 3 is 2.93 bits per heavy atom. The Kier molecular flexibility index (Phi) is 5.66. The summed E-state index contributed by atoms with van der Waals surface area (Å²) in [7, 11) is 0. The number of aliphatic hydroxyl groups is 1. The third kappa shape index (κ3) is 4.33. The van der Waals surface area contributed by atoms with Crippen molar-refractivity contribution in [2.24, 2.45) is 0 Å². The molecule has 156 valence electrons. The average molecular weight is 423 g/mol. The van der Waals surface area contributed by atoms with Crippen molar-refractivity contribution in [2.45, 2.75) is 44.2 Å². The summed E-state index contributed by atoms with van der Waals surface area (Å²) in [5.74, 6) is 1.51. The number of hydrogen-bond donors (Lipinski definition) is 3. The SMILES string of the molecule is O[C@@H]1CCCCC1Nc1nc2ccc(Oc3cncc(C4=CCNCC4)c3)cc2s1. The summed E-state index contributed by atoms with van der Waals surface area (Å²) in [4.78, 5) is 9.04. The summed E-state index contributed by atoms with van der Waals surface area (Å²) in [6.07, 6.45) is 10.7. The molecule has 1 saturated carbocycles. The van der Waals surface area contributed by atoms with E-state index in [0.29, 0.717) is 0 Å². The number of hydrogen-bond acceptors (Lipinski definition) is 7. The lowest BCUT2D eigenvalue weighted by atomic mass is 9.93. The van der Waals surface area contributed by atoms with Crippen LogP contribution in [0.15, 0.2) is 42.7 Å². The van der Waals surface area contributed by atoms with Crippen molar-refractivity contribution >= 4 is 32.3 Å². The first-order valence-corrected chi connectivity index (χ1v) is 11.4. The highest BCUT2D eigenvalue weighted by atomic mass is 32.1. The van der Waals surface area contributed by atoms with E-state index in [9.17, 15) is 5.11 Å². The molecule has 1 unspecified atom stereocenters. The number of aliphatic hydroxyl groups excluding tert-OH is 1. The molecule has 0 radical (unpaired) electrons. The minimum atomic E-state index is -0.292. The Balaban J connectivity index is 1.32. The van der Waals surface area contributed by atoms with E-state index in [2.05, 4.69) is 32.7 Å². The smallest absolute Gasteiger partial charge is 0.184 e. The van der Waals surface area contributed by atoms with Gasteiger partial charge in [-0.1, -0.05) is 30.3 Å². The van der Waals surface area contributed by atoms with Gasteiger partial charge in [0.25, 0.3) is 0 Å². The maximum Gasteiger partial charge on any atom is 0.184 e. The highest BCUT2D eigenvalue weighted by Crippen LogP contribution is 2.33. The molecule has 0 saturated heterocycles. The summed E-state index contributed by atoms with van der Waals surface area (Å²) in [5, 5.41) is 17.8. The number of fused-ring (bicyclic) bond motifs is 1. The fourth-order valence-corrected chi connectivity index (χ4v) is 5.10. The Morgan fingerprint density at radius 1 is 1.13 bits per heavy atom. The molecule has 1 aliphatic carbocycles. The van der Waals surface area contributed by atoms with Crippen LogP contribution in [-0.2, 0) is 0 Å². The van der Waals surface area contributed by atoms with E-state index < -0.39 is 0 Å². The normalized spacial score (nSPS) is 22.0. The second-order valence-corrected chi connectivity index (χ2v) is 8.98. The number of pyridine rings is 1. The third-order valence-electron chi connectivity index (χ3n) is 5.78. The Hall–Kier alpha value is -2.48. The molecule has 3 aromatic rings. The van der Waals surface area contributed by atoms with E-state index in [0.717, 1.165) is 77.6 Å². The first-order chi connectivity index (χ1) is 14.7. The van der Waals surface area contributed by atoms with E-state index in [1.165, 1.54) is 5.57 Å². The zero-order valence-electron chi connectivity index (χ0n) is 16.8. The van der Waals surface area contributed by atoms with Crippen LogP contribution in [0.3, 0.4) is 0 Å². The van der Waals surface area contributed by atoms with Crippen LogP contribution in [0.2, 0.25) is 0 Å². The van der Waals surface area contributed by atoms with Gasteiger partial charge < -0.3 is 20.5 Å². The van der Waals surface area contributed by atoms with Crippen LogP contribution in [-0.4, -0.2) is 40.3 Å². The molecule has 0 amide bonds. The molecule has 1 fully saturated rings. The van der Waals surface area contributed by atoms with Gasteiger partial charge in [-0.05, 0) is 55.1 Å². The van der Waals surface area contributed by atoms with E-state index in [-0.39, 0.29) is 12.1 Å². The lowest BCUT2D eigenvalue weighted by molar-refractivity contribution is 0.116. The highest BCUT2D eigenvalue weighted by Gasteiger charge is 2.23. The molecule has 1 aromatic carbocycles. The molecule has 30 heavy (non-hydrogen) atoms. The van der Waals surface area contributed by atoms with Crippen LogP contribution in [0.4, 0.5) is 5.13 Å². The summed E-state index contributed by atoms with van der Waals surface area (Å²) in [6, 6.07) is 8.09. The van der Waals surface area contributed by atoms with Gasteiger partial charge in [-0.3, -0.25) is 4.98 Å². The molecule has 5 rings (SSSR count). The standard InChI is InChI=1S/C23H26N4O2S/c28-21-4-2-1-3-19(21)26-23-27-20-6-5-17(12-22(20)30-23)29-18-11-16(13-25-14-18)15-7-9-24-10-8-15/h5-7,11-14,19,21,24,28H,1-4,8-10H2,(H,26,27)/t19?,21-/m1/s1. The number of thiazole rings is 1. The number of nitrogens with zero attached hydrogens (tertiary/aromatic N) is 2. The number of aromatic nitrogens is 2. The van der Waals surface area contributed by atoms with Crippen molar-refractivity contribution in [1.29, 1.82) is 0 Å². The number of rotatable bonds is 5. The van der Waals surface area contributed by atoms with E-state index in [1.807, 2.05) is 24.4 Å². The molecular weight excluding hydrogens is 396 g/mol. The molecule has 2 aromatic heterocycles. The largest absolute Gasteiger partial charge is 0.456 e. The van der Waals surface area contributed by atoms with Crippen molar-refractivity contribution in [3.8, 4) is 11.5 Å². The van der Waals surface area contributed by atoms with Crippen molar-refractivity contribution < 1.29 is 9.84 Å². The van der Waals surface area contributed by atoms with Crippen LogP contribution < -0.4 is 15.4 Å². The molecule has 2 atom stereocenters. The first-order valence-electron chi connectivity index (χ1n) is 10.6. The van der Waals surface area contributed by atoms with Crippen LogP contribution in [0, 0.1) is 0 Å². The fraction of sp³-hybridized carbons (Fsp3) is 0.391. The quantitative estimate of drug-likeness (QED) is 0.559. The van der Waals surface area contributed by atoms with Crippen LogP contribution in [0.25, 0.3) is 15.8 Å². The highest BCUT2D eigenvalue weighted by molar-refractivity contribution is 7.22. The molecule has 3 N–H and O–H groups in total. The Morgan fingerprint density at radius 2 is 2.07 bits per heavy atom. The Bertz CT molecular complexity index is 1060. The van der Waals surface area contributed by atoms with Crippen molar-refractivity contribution in [3.63, 3.8) is 0 Å². The van der Waals surface area contributed by atoms with Gasteiger partial charge in [-0.15, -0.1) is 0 Å². The van der Waals surface area contributed by atoms with Crippen molar-refractivity contribution in [1.82, 2.24) is 15.3 Å². The Labute approximate surface area is 180 Å². The number of ether oxygens (including phenoxy) is 1. The lowest BCUT2D eigenvalue weighted by Crippen LogP contribution is -2.36. The predicted molar refractivity (Wildman–Crippen MR) is 121 cm³/mol. The van der Waals surface area contributed by atoms with Gasteiger partial charge in [0.05, 0.1) is 28.6 Å². The van der Waals surface area contributed by atoms with Crippen LogP contribution >= 0.6 is 11.3 Å². The van der Waals surface area contributed by atoms with Gasteiger partial charge in [-0.25, -0.2) is 4.98 Å². The van der Waals surface area contributed by atoms with Gasteiger partial charge in [0.15, 0.2) is 5.13 Å². The van der Waals surface area contributed by atoms with E-state index in [4.69, 9.17) is 4.74 Å². The summed E-state index contributed by atoms with van der Waals surface area (Å²) in [6.45, 7) is 1.89. The molecule has 2 aliphatic rings. The van der Waals surface area contributed by atoms with Gasteiger partial charge >= 0.3 is 0 Å². The summed E-state index contributed by atoms with van der Waals surface area (Å²) in [5.41, 5.74) is 3.36. The van der Waals surface area contributed by atoms with Crippen molar-refractivity contribution in [3.05, 3.63) is 48.3 Å². The van der Waals surface area contributed by atoms with Crippen molar-refractivity contribution in [2.75, 3.05) is 18.4 Å². The van der Waals surface area contributed by atoms with Gasteiger partial charge in [0.2, 0.25) is 0 Å². The summed E-state index contributed by atoms with van der Waals surface area (Å²) >= 11 is 1.60. The van der Waals surface area contributed by atoms with E-state index >= 15 is 0 Å².